The minimum atomic E-state index is -0.495. The third-order valence-corrected chi connectivity index (χ3v) is 4.77. The average molecular weight is 393 g/mol. The molecule has 0 saturated carbocycles. The van der Waals surface area contributed by atoms with Crippen molar-refractivity contribution in [2.24, 2.45) is 5.41 Å². The summed E-state index contributed by atoms with van der Waals surface area (Å²) in [6.07, 6.45) is 1.64. The molecule has 0 bridgehead atoms. The Bertz CT molecular complexity index is 1020. The first-order valence-electron chi connectivity index (χ1n) is 9.57. The molecule has 0 radical (unpaired) electrons. The molecule has 2 N–H and O–H groups in total. The maximum atomic E-state index is 12.9. The molecule has 29 heavy (non-hydrogen) atoms. The van der Waals surface area contributed by atoms with Gasteiger partial charge < -0.3 is 19.6 Å². The van der Waals surface area contributed by atoms with Crippen LogP contribution < -0.4 is 10.6 Å². The molecule has 2 heterocycles. The van der Waals surface area contributed by atoms with Crippen molar-refractivity contribution in [3.8, 4) is 0 Å². The Morgan fingerprint density at radius 2 is 1.69 bits per heavy atom. The lowest BCUT2D eigenvalue weighted by atomic mass is 9.95. The van der Waals surface area contributed by atoms with Crippen molar-refractivity contribution in [1.29, 1.82) is 0 Å². The molecule has 6 nitrogen and oxygen atoms in total. The highest BCUT2D eigenvalue weighted by molar-refractivity contribution is 6.05. The van der Waals surface area contributed by atoms with E-state index >= 15 is 0 Å². The fraction of sp³-hybridized carbons (Fsp3) is 0.304. The summed E-state index contributed by atoms with van der Waals surface area (Å²) in [5.74, 6) is 0.562. The zero-order chi connectivity index (χ0) is 21.2. The van der Waals surface area contributed by atoms with Gasteiger partial charge >= 0.3 is 0 Å². The molecule has 2 aromatic heterocycles. The van der Waals surface area contributed by atoms with Crippen molar-refractivity contribution in [3.63, 3.8) is 0 Å². The Balaban J connectivity index is 1.75. The van der Waals surface area contributed by atoms with Gasteiger partial charge in [0.25, 0.3) is 5.91 Å². The van der Waals surface area contributed by atoms with Crippen LogP contribution in [0.2, 0.25) is 0 Å². The summed E-state index contributed by atoms with van der Waals surface area (Å²) in [4.78, 5) is 25.1. The quantitative estimate of drug-likeness (QED) is 0.642. The van der Waals surface area contributed by atoms with Crippen LogP contribution in [0.3, 0.4) is 0 Å². The second kappa shape index (κ2) is 7.99. The second-order valence-electron chi connectivity index (χ2n) is 8.19. The standard InChI is InChI=1S/C23H27N3O3/c1-15-12-20(16(2)26(15)14-19-10-7-11-29-19)21(27)24-17-8-6-9-18(13-17)25-22(28)23(3,4)5/h6-13H,14H2,1-5H3,(H,24,27)(H,25,28). The number of hydrogen-bond acceptors (Lipinski definition) is 3. The SMILES string of the molecule is Cc1cc(C(=O)Nc2cccc(NC(=O)C(C)(C)C)c2)c(C)n1Cc1ccco1. The minimum Gasteiger partial charge on any atom is -0.467 e. The number of aromatic nitrogens is 1. The highest BCUT2D eigenvalue weighted by atomic mass is 16.3. The summed E-state index contributed by atoms with van der Waals surface area (Å²) in [6.45, 7) is 10.0. The van der Waals surface area contributed by atoms with Gasteiger partial charge in [-0.05, 0) is 50.2 Å². The molecule has 152 valence electrons. The number of nitrogens with zero attached hydrogens (tertiary/aromatic N) is 1. The summed E-state index contributed by atoms with van der Waals surface area (Å²) >= 11 is 0. The van der Waals surface area contributed by atoms with Crippen molar-refractivity contribution in [3.05, 3.63) is 71.4 Å². The Hall–Kier alpha value is -3.28. The van der Waals surface area contributed by atoms with Crippen LogP contribution in [0.1, 0.15) is 48.3 Å². The van der Waals surface area contributed by atoms with Crippen LogP contribution in [0.4, 0.5) is 11.4 Å². The molecule has 1 aromatic carbocycles. The first kappa shape index (κ1) is 20.5. The number of anilines is 2. The molecular weight excluding hydrogens is 366 g/mol. The maximum Gasteiger partial charge on any atom is 0.257 e. The number of hydrogen-bond donors (Lipinski definition) is 2. The van der Waals surface area contributed by atoms with Crippen LogP contribution in [-0.2, 0) is 11.3 Å². The number of benzene rings is 1. The molecule has 0 unspecified atom stereocenters. The predicted octanol–water partition coefficient (Wildman–Crippen LogP) is 4.98. The van der Waals surface area contributed by atoms with E-state index in [1.54, 1.807) is 30.5 Å². The third kappa shape index (κ3) is 4.77. The maximum absolute atomic E-state index is 12.9. The molecule has 0 aliphatic rings. The average Bonchev–Trinajstić information content (AvgIpc) is 3.25. The first-order valence-corrected chi connectivity index (χ1v) is 9.57. The van der Waals surface area contributed by atoms with Crippen LogP contribution in [0.25, 0.3) is 0 Å². The normalized spacial score (nSPS) is 11.3. The number of furan rings is 1. The van der Waals surface area contributed by atoms with Crippen LogP contribution >= 0.6 is 0 Å². The molecule has 0 fully saturated rings. The zero-order valence-corrected chi connectivity index (χ0v) is 17.5. The Kier molecular flexibility index (Phi) is 5.64. The number of carbonyl (C=O) groups excluding carboxylic acids is 2. The van der Waals surface area contributed by atoms with Crippen molar-refractivity contribution < 1.29 is 14.0 Å². The molecule has 3 aromatic rings. The van der Waals surface area contributed by atoms with E-state index in [9.17, 15) is 9.59 Å². The second-order valence-corrected chi connectivity index (χ2v) is 8.19. The summed E-state index contributed by atoms with van der Waals surface area (Å²) in [6, 6.07) is 12.8. The van der Waals surface area contributed by atoms with E-state index in [0.717, 1.165) is 17.1 Å². The van der Waals surface area contributed by atoms with Gasteiger partial charge in [-0.1, -0.05) is 26.8 Å². The molecule has 0 saturated heterocycles. The molecule has 3 rings (SSSR count). The molecular formula is C23H27N3O3. The number of amides is 2. The highest BCUT2D eigenvalue weighted by Crippen LogP contribution is 2.22. The molecule has 6 heteroatoms. The van der Waals surface area contributed by atoms with Gasteiger partial charge in [0.15, 0.2) is 0 Å². The van der Waals surface area contributed by atoms with E-state index in [0.29, 0.717) is 23.5 Å². The summed E-state index contributed by atoms with van der Waals surface area (Å²) in [7, 11) is 0. The van der Waals surface area contributed by atoms with Crippen molar-refractivity contribution in [1.82, 2.24) is 4.57 Å². The zero-order valence-electron chi connectivity index (χ0n) is 17.5. The highest BCUT2D eigenvalue weighted by Gasteiger charge is 2.21. The van der Waals surface area contributed by atoms with Gasteiger partial charge in [0, 0.05) is 28.2 Å². The summed E-state index contributed by atoms with van der Waals surface area (Å²) < 4.78 is 7.47. The molecule has 0 atom stereocenters. The lowest BCUT2D eigenvalue weighted by Crippen LogP contribution is -2.27. The van der Waals surface area contributed by atoms with Gasteiger partial charge in [-0.2, -0.15) is 0 Å². The predicted molar refractivity (Wildman–Crippen MR) is 114 cm³/mol. The lowest BCUT2D eigenvalue weighted by molar-refractivity contribution is -0.123. The van der Waals surface area contributed by atoms with E-state index in [1.165, 1.54) is 0 Å². The van der Waals surface area contributed by atoms with Crippen LogP contribution in [-0.4, -0.2) is 16.4 Å². The van der Waals surface area contributed by atoms with Crippen LogP contribution in [0, 0.1) is 19.3 Å². The van der Waals surface area contributed by atoms with Gasteiger partial charge in [-0.25, -0.2) is 0 Å². The number of aryl methyl sites for hydroxylation is 1. The van der Waals surface area contributed by atoms with E-state index in [2.05, 4.69) is 10.6 Å². The van der Waals surface area contributed by atoms with E-state index in [4.69, 9.17) is 4.42 Å². The summed E-state index contributed by atoms with van der Waals surface area (Å²) in [5.41, 5.74) is 3.23. The molecule has 0 aliphatic heterocycles. The van der Waals surface area contributed by atoms with Crippen molar-refractivity contribution in [2.45, 2.75) is 41.2 Å². The number of rotatable bonds is 5. The van der Waals surface area contributed by atoms with E-state index in [1.807, 2.05) is 57.4 Å². The molecule has 2 amide bonds. The van der Waals surface area contributed by atoms with Gasteiger partial charge in [0.2, 0.25) is 5.91 Å². The van der Waals surface area contributed by atoms with E-state index < -0.39 is 5.41 Å². The molecule has 0 spiro atoms. The Morgan fingerprint density at radius 3 is 2.31 bits per heavy atom. The fourth-order valence-corrected chi connectivity index (χ4v) is 3.02. The number of carbonyl (C=O) groups is 2. The van der Waals surface area contributed by atoms with Gasteiger partial charge in [0.05, 0.1) is 18.4 Å². The third-order valence-electron chi connectivity index (χ3n) is 4.77. The smallest absolute Gasteiger partial charge is 0.257 e. The van der Waals surface area contributed by atoms with Gasteiger partial charge in [-0.15, -0.1) is 0 Å². The van der Waals surface area contributed by atoms with Crippen molar-refractivity contribution >= 4 is 23.2 Å². The van der Waals surface area contributed by atoms with Crippen LogP contribution in [0.15, 0.2) is 53.1 Å². The fourth-order valence-electron chi connectivity index (χ4n) is 3.02. The van der Waals surface area contributed by atoms with Gasteiger partial charge in [0.1, 0.15) is 5.76 Å². The Labute approximate surface area is 170 Å². The van der Waals surface area contributed by atoms with Gasteiger partial charge in [-0.3, -0.25) is 9.59 Å². The van der Waals surface area contributed by atoms with Crippen LogP contribution in [0.5, 0.6) is 0 Å². The monoisotopic (exact) mass is 393 g/mol. The van der Waals surface area contributed by atoms with Crippen molar-refractivity contribution in [2.75, 3.05) is 10.6 Å². The summed E-state index contributed by atoms with van der Waals surface area (Å²) in [5, 5.41) is 5.80. The topological polar surface area (TPSA) is 76.3 Å². The lowest BCUT2D eigenvalue weighted by Gasteiger charge is -2.18. The number of nitrogens with one attached hydrogen (secondary N) is 2. The first-order chi connectivity index (χ1) is 13.6. The Morgan fingerprint density at radius 1 is 1.00 bits per heavy atom. The van der Waals surface area contributed by atoms with E-state index in [-0.39, 0.29) is 11.8 Å². The molecule has 0 aliphatic carbocycles. The minimum absolute atomic E-state index is 0.0811. The largest absolute Gasteiger partial charge is 0.467 e.